The second kappa shape index (κ2) is 3.56. The average molecular weight is 206 g/mol. The van der Waals surface area contributed by atoms with Gasteiger partial charge in [0, 0.05) is 5.56 Å². The minimum absolute atomic E-state index is 0.655. The number of benzene rings is 1. The van der Waals surface area contributed by atoms with Gasteiger partial charge in [-0.3, -0.25) is 0 Å². The highest BCUT2D eigenvalue weighted by atomic mass is 32.9. The molecule has 0 unspecified atom stereocenters. The van der Waals surface area contributed by atoms with Crippen molar-refractivity contribution in [2.75, 3.05) is 0 Å². The molecule has 0 N–H and O–H groups in total. The summed E-state index contributed by atoms with van der Waals surface area (Å²) in [5, 5.41) is 8.58. The van der Waals surface area contributed by atoms with Crippen molar-refractivity contribution in [3.63, 3.8) is 0 Å². The molecule has 1 heterocycles. The molecule has 0 aliphatic rings. The third-order valence-corrected chi connectivity index (χ3v) is 2.76. The van der Waals surface area contributed by atoms with Crippen molar-refractivity contribution >= 4 is 21.1 Å². The van der Waals surface area contributed by atoms with Crippen molar-refractivity contribution in [3.05, 3.63) is 29.8 Å². The minimum Gasteiger partial charge on any atom is -0.192 e. The van der Waals surface area contributed by atoms with Gasteiger partial charge in [-0.1, -0.05) is 0 Å². The first kappa shape index (κ1) is 8.23. The van der Waals surface area contributed by atoms with E-state index < -0.39 is 0 Å². The second-order valence-corrected chi connectivity index (χ2v) is 3.90. The lowest BCUT2D eigenvalue weighted by Gasteiger charge is -1.90. The molecule has 1 aromatic heterocycles. The van der Waals surface area contributed by atoms with Gasteiger partial charge < -0.3 is 0 Å². The van der Waals surface area contributed by atoms with Crippen LogP contribution in [-0.4, -0.2) is 8.75 Å². The predicted molar refractivity (Wildman–Crippen MR) is 52.3 cm³/mol. The van der Waals surface area contributed by atoms with Crippen LogP contribution in [0.3, 0.4) is 0 Å². The largest absolute Gasteiger partial charge is 0.462 e. The van der Waals surface area contributed by atoms with Gasteiger partial charge in [0.05, 0.1) is 16.0 Å². The van der Waals surface area contributed by atoms with Crippen LogP contribution in [0, 0.1) is 11.3 Å². The molecule has 0 atom stereocenters. The Morgan fingerprint density at radius 3 is 2.62 bits per heavy atom. The number of nitriles is 1. The number of nitrogens with zero attached hydrogens (tertiary/aromatic N) is 3. The SMILES string of the molecule is N#Cc1ccc(-c2ns[s+]n2)cc1. The van der Waals surface area contributed by atoms with Crippen LogP contribution in [0.25, 0.3) is 11.4 Å². The van der Waals surface area contributed by atoms with E-state index in [1.165, 1.54) is 21.1 Å². The van der Waals surface area contributed by atoms with E-state index in [2.05, 4.69) is 14.8 Å². The van der Waals surface area contributed by atoms with E-state index in [0.29, 0.717) is 5.56 Å². The van der Waals surface area contributed by atoms with E-state index in [1.807, 2.05) is 12.1 Å². The molecular formula is C8H4N3S2+. The van der Waals surface area contributed by atoms with Crippen LogP contribution >= 0.6 is 21.1 Å². The average Bonchev–Trinajstić information content (AvgIpc) is 2.71. The van der Waals surface area contributed by atoms with Crippen LogP contribution < -0.4 is 0 Å². The quantitative estimate of drug-likeness (QED) is 0.532. The predicted octanol–water partition coefficient (Wildman–Crippen LogP) is 2.42. The zero-order valence-corrected chi connectivity index (χ0v) is 8.10. The van der Waals surface area contributed by atoms with Crippen molar-refractivity contribution in [2.45, 2.75) is 0 Å². The Morgan fingerprint density at radius 2 is 2.08 bits per heavy atom. The summed E-state index contributed by atoms with van der Waals surface area (Å²) in [6.07, 6.45) is 0. The summed E-state index contributed by atoms with van der Waals surface area (Å²) < 4.78 is 8.22. The van der Waals surface area contributed by atoms with Gasteiger partial charge in [-0.15, -0.1) is 4.37 Å². The van der Waals surface area contributed by atoms with Gasteiger partial charge in [-0.05, 0) is 24.3 Å². The molecule has 5 heteroatoms. The molecule has 0 bridgehead atoms. The molecule has 1 aromatic carbocycles. The molecule has 0 fully saturated rings. The molecule has 3 nitrogen and oxygen atoms in total. The fourth-order valence-electron chi connectivity index (χ4n) is 0.920. The Hall–Kier alpha value is -1.38. The Balaban J connectivity index is 2.40. The van der Waals surface area contributed by atoms with Gasteiger partial charge in [0.25, 0.3) is 0 Å². The van der Waals surface area contributed by atoms with E-state index in [1.54, 1.807) is 12.1 Å². The van der Waals surface area contributed by atoms with E-state index in [4.69, 9.17) is 5.26 Å². The van der Waals surface area contributed by atoms with Gasteiger partial charge >= 0.3 is 21.1 Å². The van der Waals surface area contributed by atoms with Crippen molar-refractivity contribution in [1.82, 2.24) is 8.75 Å². The monoisotopic (exact) mass is 206 g/mol. The van der Waals surface area contributed by atoms with Crippen LogP contribution in [-0.2, 0) is 0 Å². The summed E-state index contributed by atoms with van der Waals surface area (Å²) in [5.41, 5.74) is 1.61. The van der Waals surface area contributed by atoms with Crippen LogP contribution in [0.4, 0.5) is 0 Å². The smallest absolute Gasteiger partial charge is 0.192 e. The maximum absolute atomic E-state index is 8.58. The highest BCUT2D eigenvalue weighted by Crippen LogP contribution is 2.17. The van der Waals surface area contributed by atoms with Crippen LogP contribution in [0.5, 0.6) is 0 Å². The third kappa shape index (κ3) is 1.69. The van der Waals surface area contributed by atoms with Crippen molar-refractivity contribution in [1.29, 1.82) is 5.26 Å². The molecule has 2 rings (SSSR count). The zero-order valence-electron chi connectivity index (χ0n) is 6.47. The zero-order chi connectivity index (χ0) is 9.10. The summed E-state index contributed by atoms with van der Waals surface area (Å²) in [6, 6.07) is 9.30. The molecule has 62 valence electrons. The highest BCUT2D eigenvalue weighted by molar-refractivity contribution is 7.64. The van der Waals surface area contributed by atoms with Crippen molar-refractivity contribution in [2.24, 2.45) is 0 Å². The number of hydrogen-bond donors (Lipinski definition) is 0. The van der Waals surface area contributed by atoms with Crippen molar-refractivity contribution < 1.29 is 0 Å². The second-order valence-electron chi connectivity index (χ2n) is 2.34. The summed E-state index contributed by atoms with van der Waals surface area (Å²) in [4.78, 5) is 0. The lowest BCUT2D eigenvalue weighted by Crippen LogP contribution is -1.79. The summed E-state index contributed by atoms with van der Waals surface area (Å²) in [6.45, 7) is 0. The van der Waals surface area contributed by atoms with Crippen LogP contribution in [0.15, 0.2) is 24.3 Å². The van der Waals surface area contributed by atoms with Crippen LogP contribution in [0.1, 0.15) is 5.56 Å². The Kier molecular flexibility index (Phi) is 2.25. The Bertz CT molecular complexity index is 427. The van der Waals surface area contributed by atoms with Crippen LogP contribution in [0.2, 0.25) is 0 Å². The summed E-state index contributed by atoms with van der Waals surface area (Å²) in [7, 11) is 2.72. The number of hydrogen-bond acceptors (Lipinski definition) is 4. The number of aromatic nitrogens is 2. The summed E-state index contributed by atoms with van der Waals surface area (Å²) >= 11 is 0. The Labute approximate surface area is 82.6 Å². The molecule has 0 radical (unpaired) electrons. The molecule has 0 aliphatic heterocycles. The first-order valence-corrected chi connectivity index (χ1v) is 5.59. The molecule has 0 saturated heterocycles. The highest BCUT2D eigenvalue weighted by Gasteiger charge is 2.08. The first-order chi connectivity index (χ1) is 6.40. The van der Waals surface area contributed by atoms with E-state index in [-0.39, 0.29) is 0 Å². The fraction of sp³-hybridized carbons (Fsp3) is 0. The van der Waals surface area contributed by atoms with Gasteiger partial charge in [-0.2, -0.15) is 5.26 Å². The minimum atomic E-state index is 0.655. The number of rotatable bonds is 1. The van der Waals surface area contributed by atoms with Gasteiger partial charge in [-0.25, -0.2) is 0 Å². The van der Waals surface area contributed by atoms with E-state index in [9.17, 15) is 0 Å². The molecular weight excluding hydrogens is 202 g/mol. The molecule has 13 heavy (non-hydrogen) atoms. The normalized spacial score (nSPS) is 9.46. The standard InChI is InChI=1S/C8H4N3S2/c9-5-6-1-3-7(4-2-6)8-10-12-13-11-8/h1-4H/q+1. The molecule has 0 saturated carbocycles. The van der Waals surface area contributed by atoms with Gasteiger partial charge in [0.2, 0.25) is 5.82 Å². The fourth-order valence-corrected chi connectivity index (χ4v) is 2.10. The maximum Gasteiger partial charge on any atom is 0.462 e. The molecule has 0 amide bonds. The van der Waals surface area contributed by atoms with Gasteiger partial charge in [0.15, 0.2) is 0 Å². The summed E-state index contributed by atoms with van der Waals surface area (Å²) in [5.74, 6) is 0.736. The lowest BCUT2D eigenvalue weighted by molar-refractivity contribution is 1.38. The van der Waals surface area contributed by atoms with E-state index in [0.717, 1.165) is 11.4 Å². The molecule has 0 spiro atoms. The molecule has 2 aromatic rings. The lowest BCUT2D eigenvalue weighted by atomic mass is 10.1. The third-order valence-electron chi connectivity index (χ3n) is 1.55. The molecule has 0 aliphatic carbocycles. The Morgan fingerprint density at radius 1 is 1.31 bits per heavy atom. The van der Waals surface area contributed by atoms with Crippen molar-refractivity contribution in [3.8, 4) is 17.5 Å². The maximum atomic E-state index is 8.58. The van der Waals surface area contributed by atoms with Gasteiger partial charge in [0.1, 0.15) is 0 Å². The first-order valence-electron chi connectivity index (χ1n) is 3.52. The topological polar surface area (TPSA) is 49.6 Å². The van der Waals surface area contributed by atoms with E-state index >= 15 is 0 Å².